The Morgan fingerprint density at radius 3 is 2.50 bits per heavy atom. The summed E-state index contributed by atoms with van der Waals surface area (Å²) in [5.74, 6) is 0. The molecule has 0 amide bonds. The van der Waals surface area contributed by atoms with E-state index in [1.165, 1.54) is 4.68 Å². The van der Waals surface area contributed by atoms with Gasteiger partial charge in [0.15, 0.2) is 0 Å². The van der Waals surface area contributed by atoms with E-state index in [1.807, 2.05) is 24.3 Å². The predicted octanol–water partition coefficient (Wildman–Crippen LogP) is 2.95. The van der Waals surface area contributed by atoms with E-state index in [0.29, 0.717) is 17.3 Å². The molecule has 3 nitrogen and oxygen atoms in total. The van der Waals surface area contributed by atoms with Crippen LogP contribution in [-0.4, -0.2) is 9.78 Å². The zero-order chi connectivity index (χ0) is 11.7. The first kappa shape index (κ1) is 11.5. The quantitative estimate of drug-likeness (QED) is 0.910. The van der Waals surface area contributed by atoms with Crippen molar-refractivity contribution in [3.05, 3.63) is 55.4 Å². The molecule has 1 aromatic heterocycles. The summed E-state index contributed by atoms with van der Waals surface area (Å²) >= 11 is 9.21. The van der Waals surface area contributed by atoms with Gasteiger partial charge in [0.25, 0.3) is 5.56 Å². The fourth-order valence-corrected chi connectivity index (χ4v) is 1.88. The second kappa shape index (κ2) is 4.47. The van der Waals surface area contributed by atoms with Crippen molar-refractivity contribution >= 4 is 27.5 Å². The summed E-state index contributed by atoms with van der Waals surface area (Å²) in [7, 11) is 0. The molecule has 0 saturated heterocycles. The van der Waals surface area contributed by atoms with Crippen LogP contribution in [0.15, 0.2) is 33.5 Å². The first-order chi connectivity index (χ1) is 7.58. The van der Waals surface area contributed by atoms with Crippen molar-refractivity contribution in [1.29, 1.82) is 0 Å². The topological polar surface area (TPSA) is 37.8 Å². The lowest BCUT2D eigenvalue weighted by Crippen LogP contribution is -2.18. The van der Waals surface area contributed by atoms with Crippen molar-refractivity contribution in [3.63, 3.8) is 0 Å². The molecule has 2 rings (SSSR count). The standard InChI is InChI=1S/C11H10BrClN2O/c1-7-10(13)14-15(11(7)16)6-8-2-4-9(12)5-3-8/h2-5,14H,6H2,1H3. The minimum absolute atomic E-state index is 0.0760. The van der Waals surface area contributed by atoms with Gasteiger partial charge in [0, 0.05) is 4.47 Å². The van der Waals surface area contributed by atoms with E-state index in [9.17, 15) is 4.79 Å². The molecule has 0 atom stereocenters. The molecule has 84 valence electrons. The Labute approximate surface area is 106 Å². The van der Waals surface area contributed by atoms with Crippen molar-refractivity contribution in [2.45, 2.75) is 13.5 Å². The molecule has 0 fully saturated rings. The summed E-state index contributed by atoms with van der Waals surface area (Å²) in [6.45, 7) is 2.21. The first-order valence-electron chi connectivity index (χ1n) is 4.77. The molecule has 0 aliphatic carbocycles. The zero-order valence-corrected chi connectivity index (χ0v) is 11.0. The van der Waals surface area contributed by atoms with Gasteiger partial charge in [-0.2, -0.15) is 0 Å². The van der Waals surface area contributed by atoms with E-state index in [2.05, 4.69) is 21.0 Å². The van der Waals surface area contributed by atoms with Crippen molar-refractivity contribution < 1.29 is 0 Å². The van der Waals surface area contributed by atoms with E-state index in [4.69, 9.17) is 11.6 Å². The van der Waals surface area contributed by atoms with Crippen LogP contribution in [-0.2, 0) is 6.54 Å². The molecular weight excluding hydrogens is 291 g/mol. The molecule has 1 aromatic carbocycles. The summed E-state index contributed by atoms with van der Waals surface area (Å²) in [6, 6.07) is 7.80. The second-order valence-electron chi connectivity index (χ2n) is 3.57. The average Bonchev–Trinajstić information content (AvgIpc) is 2.50. The van der Waals surface area contributed by atoms with Gasteiger partial charge in [-0.15, -0.1) is 0 Å². The lowest BCUT2D eigenvalue weighted by Gasteiger charge is -2.01. The average molecular weight is 302 g/mol. The van der Waals surface area contributed by atoms with Crippen molar-refractivity contribution in [1.82, 2.24) is 9.78 Å². The summed E-state index contributed by atoms with van der Waals surface area (Å²) in [5, 5.41) is 3.24. The zero-order valence-electron chi connectivity index (χ0n) is 8.63. The number of rotatable bonds is 2. The first-order valence-corrected chi connectivity index (χ1v) is 5.94. The largest absolute Gasteiger partial charge is 0.284 e. The molecule has 0 unspecified atom stereocenters. The van der Waals surface area contributed by atoms with Gasteiger partial charge in [0.1, 0.15) is 5.15 Å². The highest BCUT2D eigenvalue weighted by atomic mass is 79.9. The maximum Gasteiger partial charge on any atom is 0.271 e. The summed E-state index contributed by atoms with van der Waals surface area (Å²) < 4.78 is 2.52. The fourth-order valence-electron chi connectivity index (χ4n) is 1.43. The predicted molar refractivity (Wildman–Crippen MR) is 68.0 cm³/mol. The van der Waals surface area contributed by atoms with Gasteiger partial charge in [-0.3, -0.25) is 9.89 Å². The normalized spacial score (nSPS) is 10.7. The molecule has 0 bridgehead atoms. The number of benzene rings is 1. The molecule has 0 aliphatic rings. The van der Waals surface area contributed by atoms with Gasteiger partial charge in [-0.25, -0.2) is 4.68 Å². The highest BCUT2D eigenvalue weighted by molar-refractivity contribution is 9.10. The van der Waals surface area contributed by atoms with E-state index >= 15 is 0 Å². The number of H-pyrrole nitrogens is 1. The third kappa shape index (κ3) is 2.23. The third-order valence-electron chi connectivity index (χ3n) is 2.38. The smallest absolute Gasteiger partial charge is 0.271 e. The van der Waals surface area contributed by atoms with Gasteiger partial charge in [-0.05, 0) is 24.6 Å². The lowest BCUT2D eigenvalue weighted by molar-refractivity contribution is 0.663. The maximum atomic E-state index is 11.7. The van der Waals surface area contributed by atoms with Crippen LogP contribution in [0.25, 0.3) is 0 Å². The molecule has 1 N–H and O–H groups in total. The van der Waals surface area contributed by atoms with Crippen LogP contribution in [0.1, 0.15) is 11.1 Å². The Bertz CT molecular complexity index is 556. The Morgan fingerprint density at radius 1 is 1.38 bits per heavy atom. The van der Waals surface area contributed by atoms with E-state index < -0.39 is 0 Å². The molecule has 0 radical (unpaired) electrons. The molecule has 2 aromatic rings. The van der Waals surface area contributed by atoms with Crippen LogP contribution in [0.5, 0.6) is 0 Å². The van der Waals surface area contributed by atoms with Crippen LogP contribution in [0.4, 0.5) is 0 Å². The van der Waals surface area contributed by atoms with Crippen LogP contribution >= 0.6 is 27.5 Å². The minimum atomic E-state index is -0.0760. The van der Waals surface area contributed by atoms with Gasteiger partial charge in [0.05, 0.1) is 12.1 Å². The van der Waals surface area contributed by atoms with Gasteiger partial charge in [0.2, 0.25) is 0 Å². The van der Waals surface area contributed by atoms with Crippen LogP contribution in [0, 0.1) is 6.92 Å². The Hall–Kier alpha value is -1.00. The Morgan fingerprint density at radius 2 is 2.00 bits per heavy atom. The van der Waals surface area contributed by atoms with Gasteiger partial charge in [-0.1, -0.05) is 39.7 Å². The molecule has 5 heteroatoms. The van der Waals surface area contributed by atoms with Crippen molar-refractivity contribution in [2.75, 3.05) is 0 Å². The number of aromatic nitrogens is 2. The van der Waals surface area contributed by atoms with Crippen LogP contribution < -0.4 is 5.56 Å². The summed E-state index contributed by atoms with van der Waals surface area (Å²) in [6.07, 6.45) is 0. The molecule has 1 heterocycles. The summed E-state index contributed by atoms with van der Waals surface area (Å²) in [5.41, 5.74) is 1.52. The highest BCUT2D eigenvalue weighted by Crippen LogP contribution is 2.12. The van der Waals surface area contributed by atoms with E-state index in [-0.39, 0.29) is 5.56 Å². The maximum absolute atomic E-state index is 11.7. The van der Waals surface area contributed by atoms with E-state index in [1.54, 1.807) is 6.92 Å². The number of hydrogen-bond acceptors (Lipinski definition) is 1. The van der Waals surface area contributed by atoms with Crippen molar-refractivity contribution in [3.8, 4) is 0 Å². The second-order valence-corrected chi connectivity index (χ2v) is 4.86. The number of nitrogens with zero attached hydrogens (tertiary/aromatic N) is 1. The Balaban J connectivity index is 2.30. The monoisotopic (exact) mass is 300 g/mol. The van der Waals surface area contributed by atoms with Crippen molar-refractivity contribution in [2.24, 2.45) is 0 Å². The molecular formula is C11H10BrClN2O. The van der Waals surface area contributed by atoms with Gasteiger partial charge < -0.3 is 0 Å². The molecule has 0 saturated carbocycles. The Kier molecular flexibility index (Phi) is 3.21. The molecule has 16 heavy (non-hydrogen) atoms. The SMILES string of the molecule is Cc1c(Cl)[nH]n(Cc2ccc(Br)cc2)c1=O. The summed E-state index contributed by atoms with van der Waals surface area (Å²) in [4.78, 5) is 11.7. The van der Waals surface area contributed by atoms with Gasteiger partial charge >= 0.3 is 0 Å². The fraction of sp³-hybridized carbons (Fsp3) is 0.182. The molecule has 0 spiro atoms. The number of halogens is 2. The van der Waals surface area contributed by atoms with Crippen LogP contribution in [0.3, 0.4) is 0 Å². The third-order valence-corrected chi connectivity index (χ3v) is 3.28. The molecule has 0 aliphatic heterocycles. The van der Waals surface area contributed by atoms with Crippen LogP contribution in [0.2, 0.25) is 5.15 Å². The minimum Gasteiger partial charge on any atom is -0.284 e. The van der Waals surface area contributed by atoms with E-state index in [0.717, 1.165) is 10.0 Å². The highest BCUT2D eigenvalue weighted by Gasteiger charge is 2.07. The number of hydrogen-bond donors (Lipinski definition) is 1. The lowest BCUT2D eigenvalue weighted by atomic mass is 10.2. The number of nitrogens with one attached hydrogen (secondary N) is 1. The number of aromatic amines is 1.